The largest absolute Gasteiger partial charge is 0.497 e. The summed E-state index contributed by atoms with van der Waals surface area (Å²) in [5.74, 6) is 0.769. The third-order valence-corrected chi connectivity index (χ3v) is 5.75. The predicted molar refractivity (Wildman–Crippen MR) is 123 cm³/mol. The van der Waals surface area contributed by atoms with Crippen LogP contribution in [0.3, 0.4) is 0 Å². The molecule has 2 aromatic carbocycles. The van der Waals surface area contributed by atoms with Gasteiger partial charge in [-0.05, 0) is 62.2 Å². The monoisotopic (exact) mass is 448 g/mol. The molecular formula is C23H29ClN2O3S. The minimum atomic E-state index is -0.534. The van der Waals surface area contributed by atoms with Crippen LogP contribution in [0.5, 0.6) is 5.75 Å². The minimum Gasteiger partial charge on any atom is -0.497 e. The first-order valence-corrected chi connectivity index (χ1v) is 11.3. The Hall–Kier alpha value is -2.18. The molecule has 0 fully saturated rings. The maximum absolute atomic E-state index is 13.2. The fourth-order valence-corrected chi connectivity index (χ4v) is 3.90. The van der Waals surface area contributed by atoms with Gasteiger partial charge in [-0.15, -0.1) is 11.8 Å². The standard InChI is InChI=1S/C23H29ClN2O3S/c1-5-21(23(28)25-16(2)3)26(14-17-6-10-19(29-4)11-7-17)22(27)15-30-20-12-8-18(24)9-13-20/h6-13,16,21H,5,14-15H2,1-4H3,(H,25,28). The van der Waals surface area contributed by atoms with E-state index in [9.17, 15) is 9.59 Å². The van der Waals surface area contributed by atoms with Crippen molar-refractivity contribution in [3.05, 3.63) is 59.1 Å². The summed E-state index contributed by atoms with van der Waals surface area (Å²) in [5.41, 5.74) is 0.941. The van der Waals surface area contributed by atoms with Crippen LogP contribution in [0, 0.1) is 0 Å². The molecule has 0 spiro atoms. The maximum Gasteiger partial charge on any atom is 0.243 e. The fourth-order valence-electron chi connectivity index (χ4n) is 2.99. The van der Waals surface area contributed by atoms with Crippen LogP contribution in [0.25, 0.3) is 0 Å². The number of methoxy groups -OCH3 is 1. The molecule has 7 heteroatoms. The number of carbonyl (C=O) groups is 2. The van der Waals surface area contributed by atoms with Gasteiger partial charge >= 0.3 is 0 Å². The Labute approximate surface area is 188 Å². The molecular weight excluding hydrogens is 420 g/mol. The van der Waals surface area contributed by atoms with Crippen molar-refractivity contribution < 1.29 is 14.3 Å². The predicted octanol–water partition coefficient (Wildman–Crippen LogP) is 4.77. The zero-order valence-electron chi connectivity index (χ0n) is 17.9. The van der Waals surface area contributed by atoms with Gasteiger partial charge in [-0.3, -0.25) is 9.59 Å². The molecule has 0 aliphatic heterocycles. The second kappa shape index (κ2) is 11.9. The molecule has 0 aliphatic carbocycles. The number of rotatable bonds is 10. The summed E-state index contributed by atoms with van der Waals surface area (Å²) in [7, 11) is 1.61. The lowest BCUT2D eigenvalue weighted by Crippen LogP contribution is -2.50. The van der Waals surface area contributed by atoms with Crippen molar-refractivity contribution in [3.63, 3.8) is 0 Å². The van der Waals surface area contributed by atoms with Crippen LogP contribution in [-0.4, -0.2) is 41.7 Å². The molecule has 0 saturated heterocycles. The second-order valence-corrected chi connectivity index (χ2v) is 8.68. The summed E-state index contributed by atoms with van der Waals surface area (Å²) < 4.78 is 5.21. The average Bonchev–Trinajstić information content (AvgIpc) is 2.73. The second-order valence-electron chi connectivity index (χ2n) is 7.20. The lowest BCUT2D eigenvalue weighted by atomic mass is 10.1. The highest BCUT2D eigenvalue weighted by atomic mass is 35.5. The van der Waals surface area contributed by atoms with Gasteiger partial charge in [0.15, 0.2) is 0 Å². The van der Waals surface area contributed by atoms with Gasteiger partial charge < -0.3 is 15.0 Å². The first-order valence-electron chi connectivity index (χ1n) is 9.95. The van der Waals surface area contributed by atoms with Gasteiger partial charge in [0.05, 0.1) is 12.9 Å². The molecule has 2 amide bonds. The van der Waals surface area contributed by atoms with E-state index in [1.54, 1.807) is 24.1 Å². The van der Waals surface area contributed by atoms with Gasteiger partial charge in [0.1, 0.15) is 11.8 Å². The quantitative estimate of drug-likeness (QED) is 0.532. The Kier molecular flexibility index (Phi) is 9.53. The number of benzene rings is 2. The third kappa shape index (κ3) is 7.26. The van der Waals surface area contributed by atoms with Crippen molar-refractivity contribution in [2.45, 2.75) is 50.7 Å². The molecule has 1 unspecified atom stereocenters. The molecule has 0 bridgehead atoms. The lowest BCUT2D eigenvalue weighted by Gasteiger charge is -2.31. The van der Waals surface area contributed by atoms with Gasteiger partial charge in [-0.1, -0.05) is 30.7 Å². The van der Waals surface area contributed by atoms with E-state index in [0.717, 1.165) is 16.2 Å². The van der Waals surface area contributed by atoms with Crippen LogP contribution in [0.1, 0.15) is 32.8 Å². The number of halogens is 1. The van der Waals surface area contributed by atoms with Crippen LogP contribution in [-0.2, 0) is 16.1 Å². The molecule has 5 nitrogen and oxygen atoms in total. The highest BCUT2D eigenvalue weighted by Crippen LogP contribution is 2.23. The summed E-state index contributed by atoms with van der Waals surface area (Å²) in [4.78, 5) is 28.6. The molecule has 0 aliphatic rings. The summed E-state index contributed by atoms with van der Waals surface area (Å²) in [6.45, 7) is 6.10. The van der Waals surface area contributed by atoms with E-state index in [1.807, 2.05) is 57.2 Å². The fraction of sp³-hybridized carbons (Fsp3) is 0.391. The molecule has 0 aromatic heterocycles. The van der Waals surface area contributed by atoms with Crippen LogP contribution >= 0.6 is 23.4 Å². The number of hydrogen-bond acceptors (Lipinski definition) is 4. The summed E-state index contributed by atoms with van der Waals surface area (Å²) in [6, 6.07) is 14.4. The van der Waals surface area contributed by atoms with Crippen molar-refractivity contribution in [1.29, 1.82) is 0 Å². The van der Waals surface area contributed by atoms with Gasteiger partial charge in [0.25, 0.3) is 0 Å². The lowest BCUT2D eigenvalue weighted by molar-refractivity contribution is -0.139. The van der Waals surface area contributed by atoms with Crippen molar-refractivity contribution in [3.8, 4) is 5.75 Å². The van der Waals surface area contributed by atoms with Crippen LogP contribution in [0.4, 0.5) is 0 Å². The SMILES string of the molecule is CCC(C(=O)NC(C)C)N(Cc1ccc(OC)cc1)C(=O)CSc1ccc(Cl)cc1. The van der Waals surface area contributed by atoms with E-state index < -0.39 is 6.04 Å². The van der Waals surface area contributed by atoms with Gasteiger partial charge in [-0.25, -0.2) is 0 Å². The Morgan fingerprint density at radius 3 is 2.27 bits per heavy atom. The molecule has 0 radical (unpaired) electrons. The van der Waals surface area contributed by atoms with E-state index in [1.165, 1.54) is 11.8 Å². The van der Waals surface area contributed by atoms with E-state index >= 15 is 0 Å². The number of nitrogens with zero attached hydrogens (tertiary/aromatic N) is 1. The molecule has 0 saturated carbocycles. The molecule has 162 valence electrons. The Balaban J connectivity index is 2.19. The average molecular weight is 449 g/mol. The van der Waals surface area contributed by atoms with Crippen LogP contribution < -0.4 is 10.1 Å². The highest BCUT2D eigenvalue weighted by molar-refractivity contribution is 8.00. The number of nitrogens with one attached hydrogen (secondary N) is 1. The van der Waals surface area contributed by atoms with Crippen LogP contribution in [0.2, 0.25) is 5.02 Å². The summed E-state index contributed by atoms with van der Waals surface area (Å²) in [5, 5.41) is 3.59. The van der Waals surface area contributed by atoms with Crippen molar-refractivity contribution in [2.75, 3.05) is 12.9 Å². The molecule has 1 atom stereocenters. The number of ether oxygens (including phenoxy) is 1. The first-order chi connectivity index (χ1) is 14.3. The van der Waals surface area contributed by atoms with Gasteiger partial charge in [0, 0.05) is 22.5 Å². The number of thioether (sulfide) groups is 1. The number of amides is 2. The van der Waals surface area contributed by atoms with E-state index in [4.69, 9.17) is 16.3 Å². The first kappa shape index (κ1) is 24.1. The zero-order chi connectivity index (χ0) is 22.1. The zero-order valence-corrected chi connectivity index (χ0v) is 19.4. The van der Waals surface area contributed by atoms with Crippen molar-refractivity contribution in [2.24, 2.45) is 0 Å². The molecule has 1 N–H and O–H groups in total. The Bertz CT molecular complexity index is 825. The molecule has 2 aromatic rings. The molecule has 0 heterocycles. The number of hydrogen-bond donors (Lipinski definition) is 1. The molecule has 2 rings (SSSR count). The van der Waals surface area contributed by atoms with Crippen molar-refractivity contribution >= 4 is 35.2 Å². The Morgan fingerprint density at radius 2 is 1.73 bits per heavy atom. The van der Waals surface area contributed by atoms with Gasteiger partial charge in [0.2, 0.25) is 11.8 Å². The van der Waals surface area contributed by atoms with Crippen LogP contribution in [0.15, 0.2) is 53.4 Å². The Morgan fingerprint density at radius 1 is 1.10 bits per heavy atom. The smallest absolute Gasteiger partial charge is 0.243 e. The third-order valence-electron chi connectivity index (χ3n) is 4.50. The van der Waals surface area contributed by atoms with E-state index in [-0.39, 0.29) is 23.6 Å². The topological polar surface area (TPSA) is 58.6 Å². The summed E-state index contributed by atoms with van der Waals surface area (Å²) >= 11 is 7.37. The highest BCUT2D eigenvalue weighted by Gasteiger charge is 2.28. The summed E-state index contributed by atoms with van der Waals surface area (Å²) in [6.07, 6.45) is 0.534. The normalized spacial score (nSPS) is 11.8. The maximum atomic E-state index is 13.2. The van der Waals surface area contributed by atoms with E-state index in [2.05, 4.69) is 5.32 Å². The van der Waals surface area contributed by atoms with Gasteiger partial charge in [-0.2, -0.15) is 0 Å². The number of carbonyl (C=O) groups excluding carboxylic acids is 2. The van der Waals surface area contributed by atoms with Crippen molar-refractivity contribution in [1.82, 2.24) is 10.2 Å². The minimum absolute atomic E-state index is 0.00734. The van der Waals surface area contributed by atoms with E-state index in [0.29, 0.717) is 18.0 Å². The molecule has 30 heavy (non-hydrogen) atoms.